The lowest BCUT2D eigenvalue weighted by Gasteiger charge is -2.34. The minimum atomic E-state index is -1.12. The van der Waals surface area contributed by atoms with Crippen molar-refractivity contribution in [1.29, 1.82) is 0 Å². The van der Waals surface area contributed by atoms with Crippen LogP contribution in [0.1, 0.15) is 80.3 Å². The van der Waals surface area contributed by atoms with Crippen molar-refractivity contribution in [2.75, 3.05) is 13.2 Å². The number of carboxylic acids is 1. The fraction of sp³-hybridized carbons (Fsp3) is 0.433. The van der Waals surface area contributed by atoms with Crippen LogP contribution in [0.5, 0.6) is 5.75 Å². The number of aryl methyl sites for hydroxylation is 2. The molecular weight excluding hydrogens is 470 g/mol. The van der Waals surface area contributed by atoms with Crippen LogP contribution in [-0.2, 0) is 15.0 Å². The first kappa shape index (κ1) is 28.0. The highest BCUT2D eigenvalue weighted by molar-refractivity contribution is 5.98. The van der Waals surface area contributed by atoms with Gasteiger partial charge in [0, 0.05) is 16.2 Å². The van der Waals surface area contributed by atoms with Gasteiger partial charge in [0.15, 0.2) is 11.5 Å². The van der Waals surface area contributed by atoms with Gasteiger partial charge in [0.25, 0.3) is 5.91 Å². The third-order valence-corrected chi connectivity index (χ3v) is 7.11. The van der Waals surface area contributed by atoms with Crippen molar-refractivity contribution in [3.05, 3.63) is 64.4 Å². The standard InChI is InChI=1S/C30H37NO6/c1-8-30(9-2,21-10-11-23(18(3)12-21)36-17-25(32)29(5,6)7)22-13-19(4)27-20(14-22)15-24(37-27)28(35)31-16-26(33)34/h10-15H,8-9,16-17H2,1-7H3,(H,31,35)(H,33,34). The summed E-state index contributed by atoms with van der Waals surface area (Å²) in [5.74, 6) is -0.857. The summed E-state index contributed by atoms with van der Waals surface area (Å²) in [6, 6.07) is 11.9. The SMILES string of the molecule is CCC(CC)(c1ccc(OCC(=O)C(C)(C)C)c(C)c1)c1cc(C)c2oc(C(=O)NCC(=O)O)cc2c1. The molecule has 0 radical (unpaired) electrons. The topological polar surface area (TPSA) is 106 Å². The Bertz CT molecular complexity index is 1320. The molecule has 7 heteroatoms. The number of furan rings is 1. The Labute approximate surface area is 218 Å². The zero-order valence-corrected chi connectivity index (χ0v) is 22.8. The van der Waals surface area contributed by atoms with E-state index in [4.69, 9.17) is 14.3 Å². The average molecular weight is 508 g/mol. The highest BCUT2D eigenvalue weighted by atomic mass is 16.5. The number of ketones is 1. The number of ether oxygens (including phenoxy) is 1. The number of Topliss-reactive ketones (excluding diaryl/α,β-unsaturated/α-hetero) is 1. The van der Waals surface area contributed by atoms with Gasteiger partial charge >= 0.3 is 5.97 Å². The highest BCUT2D eigenvalue weighted by Crippen LogP contribution is 2.42. The van der Waals surface area contributed by atoms with Crippen molar-refractivity contribution in [2.45, 2.75) is 66.7 Å². The van der Waals surface area contributed by atoms with Crippen molar-refractivity contribution in [1.82, 2.24) is 5.32 Å². The smallest absolute Gasteiger partial charge is 0.322 e. The van der Waals surface area contributed by atoms with Crippen LogP contribution in [0.25, 0.3) is 11.0 Å². The summed E-state index contributed by atoms with van der Waals surface area (Å²) in [7, 11) is 0. The van der Waals surface area contributed by atoms with E-state index in [1.165, 1.54) is 0 Å². The normalized spacial score (nSPS) is 12.0. The molecule has 0 aliphatic rings. The van der Waals surface area contributed by atoms with Gasteiger partial charge in [-0.25, -0.2) is 0 Å². The van der Waals surface area contributed by atoms with Gasteiger partial charge in [0.05, 0.1) is 0 Å². The van der Waals surface area contributed by atoms with Gasteiger partial charge in [-0.15, -0.1) is 0 Å². The number of amides is 1. The molecule has 1 amide bonds. The van der Waals surface area contributed by atoms with E-state index in [0.717, 1.165) is 40.5 Å². The van der Waals surface area contributed by atoms with Gasteiger partial charge in [0.2, 0.25) is 0 Å². The minimum Gasteiger partial charge on any atom is -0.486 e. The minimum absolute atomic E-state index is 0.0368. The van der Waals surface area contributed by atoms with Gasteiger partial charge in [-0.05, 0) is 67.1 Å². The molecule has 3 rings (SSSR count). The number of nitrogens with one attached hydrogen (secondary N) is 1. The second-order valence-electron chi connectivity index (χ2n) is 10.6. The van der Waals surface area contributed by atoms with Crippen LogP contribution in [-0.4, -0.2) is 35.9 Å². The number of hydrogen-bond acceptors (Lipinski definition) is 5. The average Bonchev–Trinajstić information content (AvgIpc) is 3.27. The molecule has 7 nitrogen and oxygen atoms in total. The lowest BCUT2D eigenvalue weighted by molar-refractivity contribution is -0.135. The van der Waals surface area contributed by atoms with Crippen molar-refractivity contribution in [3.63, 3.8) is 0 Å². The number of benzene rings is 2. The van der Waals surface area contributed by atoms with Crippen LogP contribution in [0.15, 0.2) is 40.8 Å². The maximum Gasteiger partial charge on any atom is 0.322 e. The summed E-state index contributed by atoms with van der Waals surface area (Å²) in [5, 5.41) is 12.0. The summed E-state index contributed by atoms with van der Waals surface area (Å²) >= 11 is 0. The Kier molecular flexibility index (Phi) is 8.16. The van der Waals surface area contributed by atoms with Gasteiger partial charge in [-0.3, -0.25) is 14.4 Å². The third-order valence-electron chi connectivity index (χ3n) is 7.11. The lowest BCUT2D eigenvalue weighted by Crippen LogP contribution is -2.28. The molecular formula is C30H37NO6. The molecule has 0 bridgehead atoms. The Morgan fingerprint density at radius 1 is 0.946 bits per heavy atom. The molecule has 0 fully saturated rings. The van der Waals surface area contributed by atoms with Crippen LogP contribution >= 0.6 is 0 Å². The van der Waals surface area contributed by atoms with Crippen LogP contribution in [0.2, 0.25) is 0 Å². The highest BCUT2D eigenvalue weighted by Gasteiger charge is 2.32. The summed E-state index contributed by atoms with van der Waals surface area (Å²) in [5.41, 5.74) is 3.98. The van der Waals surface area contributed by atoms with Gasteiger partial charge < -0.3 is 19.6 Å². The first-order chi connectivity index (χ1) is 17.3. The molecule has 0 atom stereocenters. The summed E-state index contributed by atoms with van der Waals surface area (Å²) < 4.78 is 11.7. The van der Waals surface area contributed by atoms with Crippen molar-refractivity contribution < 1.29 is 28.6 Å². The van der Waals surface area contributed by atoms with Crippen molar-refractivity contribution in [2.24, 2.45) is 5.41 Å². The molecule has 2 N–H and O–H groups in total. The van der Waals surface area contributed by atoms with Crippen LogP contribution < -0.4 is 10.1 Å². The van der Waals surface area contributed by atoms with E-state index in [2.05, 4.69) is 43.4 Å². The number of carbonyl (C=O) groups excluding carboxylic acids is 2. The van der Waals surface area contributed by atoms with Crippen LogP contribution in [0.3, 0.4) is 0 Å². The zero-order valence-electron chi connectivity index (χ0n) is 22.8. The Morgan fingerprint density at radius 2 is 1.59 bits per heavy atom. The number of aliphatic carboxylic acids is 1. The number of rotatable bonds is 10. The predicted molar refractivity (Wildman–Crippen MR) is 143 cm³/mol. The van der Waals surface area contributed by atoms with E-state index in [-0.39, 0.29) is 23.6 Å². The van der Waals surface area contributed by atoms with Crippen LogP contribution in [0.4, 0.5) is 0 Å². The molecule has 0 aliphatic carbocycles. The number of fused-ring (bicyclic) bond motifs is 1. The largest absolute Gasteiger partial charge is 0.486 e. The van der Waals surface area contributed by atoms with E-state index < -0.39 is 23.8 Å². The number of carboxylic acid groups (broad SMARTS) is 1. The van der Waals surface area contributed by atoms with E-state index in [0.29, 0.717) is 11.3 Å². The first-order valence-electron chi connectivity index (χ1n) is 12.6. The zero-order chi connectivity index (χ0) is 27.5. The van der Waals surface area contributed by atoms with E-state index >= 15 is 0 Å². The molecule has 3 aromatic rings. The van der Waals surface area contributed by atoms with Gasteiger partial charge in [0.1, 0.15) is 24.5 Å². The molecule has 0 spiro atoms. The summed E-state index contributed by atoms with van der Waals surface area (Å²) in [4.78, 5) is 35.5. The van der Waals surface area contributed by atoms with Crippen molar-refractivity contribution in [3.8, 4) is 5.75 Å². The molecule has 198 valence electrons. The van der Waals surface area contributed by atoms with Gasteiger partial charge in [-0.1, -0.05) is 52.8 Å². The van der Waals surface area contributed by atoms with Crippen LogP contribution in [0, 0.1) is 19.3 Å². The second kappa shape index (κ2) is 10.8. The molecule has 2 aromatic carbocycles. The van der Waals surface area contributed by atoms with E-state index in [1.54, 1.807) is 6.07 Å². The predicted octanol–water partition coefficient (Wildman–Crippen LogP) is 5.96. The molecule has 0 unspecified atom stereocenters. The number of hydrogen-bond donors (Lipinski definition) is 2. The monoisotopic (exact) mass is 507 g/mol. The maximum absolute atomic E-state index is 12.4. The Morgan fingerprint density at radius 3 is 2.16 bits per heavy atom. The Balaban J connectivity index is 1.98. The molecule has 0 aliphatic heterocycles. The van der Waals surface area contributed by atoms with Crippen molar-refractivity contribution >= 4 is 28.6 Å². The fourth-order valence-electron chi connectivity index (χ4n) is 4.66. The molecule has 0 saturated carbocycles. The van der Waals surface area contributed by atoms with Gasteiger partial charge in [-0.2, -0.15) is 0 Å². The molecule has 1 aromatic heterocycles. The van der Waals surface area contributed by atoms with E-state index in [1.807, 2.05) is 40.7 Å². The lowest BCUT2D eigenvalue weighted by atomic mass is 9.70. The fourth-order valence-corrected chi connectivity index (χ4v) is 4.66. The van der Waals surface area contributed by atoms with E-state index in [9.17, 15) is 14.4 Å². The summed E-state index contributed by atoms with van der Waals surface area (Å²) in [6.07, 6.45) is 1.70. The second-order valence-corrected chi connectivity index (χ2v) is 10.6. The molecule has 0 saturated heterocycles. The molecule has 37 heavy (non-hydrogen) atoms. The first-order valence-corrected chi connectivity index (χ1v) is 12.6. The Hall–Kier alpha value is -3.61. The summed E-state index contributed by atoms with van der Waals surface area (Å²) in [6.45, 7) is 13.5. The molecule has 1 heterocycles. The third kappa shape index (κ3) is 5.87. The quantitative estimate of drug-likeness (QED) is 0.351. The maximum atomic E-state index is 12.4. The number of carbonyl (C=O) groups is 3.